The summed E-state index contributed by atoms with van der Waals surface area (Å²) in [6.45, 7) is 6.50. The molecule has 0 bridgehead atoms. The van der Waals surface area contributed by atoms with Gasteiger partial charge >= 0.3 is 0 Å². The van der Waals surface area contributed by atoms with Crippen LogP contribution in [-0.4, -0.2) is 95.1 Å². The third kappa shape index (κ3) is 9.04. The summed E-state index contributed by atoms with van der Waals surface area (Å²) in [5.41, 5.74) is 5.73. The summed E-state index contributed by atoms with van der Waals surface area (Å²) in [7, 11) is 6.79. The van der Waals surface area contributed by atoms with Gasteiger partial charge in [-0.15, -0.1) is 0 Å². The largest absolute Gasteiger partial charge is 0.493 e. The van der Waals surface area contributed by atoms with Crippen molar-refractivity contribution >= 4 is 50.8 Å². The Labute approximate surface area is 291 Å². The van der Waals surface area contributed by atoms with Crippen LogP contribution in [0.5, 0.6) is 11.5 Å². The zero-order valence-electron chi connectivity index (χ0n) is 28.1. The molecule has 3 aromatic carbocycles. The predicted molar refractivity (Wildman–Crippen MR) is 195 cm³/mol. The number of rotatable bonds is 19. The molecule has 48 heavy (non-hydrogen) atoms. The van der Waals surface area contributed by atoms with Gasteiger partial charge in [0.2, 0.25) is 0 Å². The molecule has 0 aromatic heterocycles. The average Bonchev–Trinajstić information content (AvgIpc) is 3.42. The quantitative estimate of drug-likeness (QED) is 0.120. The number of benzene rings is 3. The maximum absolute atomic E-state index is 13.8. The minimum atomic E-state index is -0.142. The van der Waals surface area contributed by atoms with Crippen LogP contribution in [-0.2, 0) is 33.8 Å². The molecule has 0 saturated carbocycles. The smallest absolute Gasteiger partial charge is 0.261 e. The molecule has 2 unspecified atom stereocenters. The third-order valence-electron chi connectivity index (χ3n) is 8.16. The molecule has 258 valence electrons. The van der Waals surface area contributed by atoms with Gasteiger partial charge in [-0.05, 0) is 53.3 Å². The number of methoxy groups -OCH3 is 2. The van der Waals surface area contributed by atoms with Crippen LogP contribution >= 0.6 is 21.6 Å². The summed E-state index contributed by atoms with van der Waals surface area (Å²) in [5, 5.41) is 10.5. The lowest BCUT2D eigenvalue weighted by Crippen LogP contribution is -2.37. The molecule has 2 atom stereocenters. The standard InChI is InChI=1S/C36H45N3O7S2/c1-25(48-47-4)22-38(9-10-44-13-14-45-12-11-42-2)29-16-26(23-40)15-27(17-29)24-46-35-20-32-31(19-34(35)43-3)36(41)39-30(21-37-32)18-28-7-5-6-8-33(28)39/h5-8,15-17,19-21,25,30,40H,9-14,18,22-24H2,1-4H3. The molecule has 5 rings (SSSR count). The second-order valence-corrected chi connectivity index (χ2v) is 14.5. The Bertz CT molecular complexity index is 1560. The van der Waals surface area contributed by atoms with Crippen molar-refractivity contribution < 1.29 is 33.6 Å². The first-order valence-electron chi connectivity index (χ1n) is 16.1. The number of fused-ring (bicyclic) bond motifs is 4. The van der Waals surface area contributed by atoms with Crippen molar-refractivity contribution in [2.75, 3.05) is 76.4 Å². The van der Waals surface area contributed by atoms with Gasteiger partial charge in [-0.1, -0.05) is 46.7 Å². The topological polar surface area (TPSA) is 102 Å². The molecule has 1 N–H and O–H groups in total. The maximum atomic E-state index is 13.8. The van der Waals surface area contributed by atoms with Gasteiger partial charge in [0.1, 0.15) is 6.61 Å². The molecule has 0 fully saturated rings. The van der Waals surface area contributed by atoms with Gasteiger partial charge in [0.05, 0.1) is 64.0 Å². The highest BCUT2D eigenvalue weighted by molar-refractivity contribution is 8.76. The first kappa shape index (κ1) is 36.0. The fourth-order valence-electron chi connectivity index (χ4n) is 5.92. The minimum Gasteiger partial charge on any atom is -0.493 e. The van der Waals surface area contributed by atoms with Crippen molar-refractivity contribution in [3.8, 4) is 11.5 Å². The van der Waals surface area contributed by atoms with E-state index in [2.05, 4.69) is 30.2 Å². The molecule has 0 radical (unpaired) electrons. The van der Waals surface area contributed by atoms with Crippen LogP contribution < -0.4 is 19.3 Å². The number of carbonyl (C=O) groups excluding carboxylic acids is 1. The van der Waals surface area contributed by atoms with Gasteiger partial charge in [-0.3, -0.25) is 14.7 Å². The number of ether oxygens (including phenoxy) is 5. The van der Waals surface area contributed by atoms with E-state index in [1.807, 2.05) is 52.2 Å². The van der Waals surface area contributed by atoms with Crippen LogP contribution in [0, 0.1) is 0 Å². The molecule has 0 saturated heterocycles. The second kappa shape index (κ2) is 17.9. The Kier molecular flexibility index (Phi) is 13.5. The van der Waals surface area contributed by atoms with Gasteiger partial charge in [-0.2, -0.15) is 0 Å². The van der Waals surface area contributed by atoms with E-state index >= 15 is 0 Å². The van der Waals surface area contributed by atoms with E-state index in [0.29, 0.717) is 67.6 Å². The highest BCUT2D eigenvalue weighted by Crippen LogP contribution is 2.41. The summed E-state index contributed by atoms with van der Waals surface area (Å²) in [5.74, 6) is 0.830. The number of carbonyl (C=O) groups is 1. The highest BCUT2D eigenvalue weighted by Gasteiger charge is 2.36. The number of para-hydroxylation sites is 1. The lowest BCUT2D eigenvalue weighted by atomic mass is 10.1. The molecule has 2 aliphatic rings. The molecule has 2 aliphatic heterocycles. The van der Waals surface area contributed by atoms with E-state index in [4.69, 9.17) is 28.7 Å². The first-order chi connectivity index (χ1) is 23.4. The first-order valence-corrected chi connectivity index (χ1v) is 18.7. The molecule has 0 aliphatic carbocycles. The monoisotopic (exact) mass is 695 g/mol. The van der Waals surface area contributed by atoms with Gasteiger partial charge < -0.3 is 33.7 Å². The van der Waals surface area contributed by atoms with Crippen LogP contribution in [0.15, 0.2) is 59.6 Å². The van der Waals surface area contributed by atoms with Crippen molar-refractivity contribution in [1.82, 2.24) is 0 Å². The van der Waals surface area contributed by atoms with E-state index in [1.54, 1.807) is 37.1 Å². The molecule has 1 amide bonds. The Balaban J connectivity index is 1.31. The number of aliphatic hydroxyl groups is 1. The van der Waals surface area contributed by atoms with E-state index < -0.39 is 0 Å². The van der Waals surface area contributed by atoms with Crippen molar-refractivity contribution in [2.24, 2.45) is 4.99 Å². The average molecular weight is 696 g/mol. The van der Waals surface area contributed by atoms with Gasteiger partial charge in [0.15, 0.2) is 11.5 Å². The minimum absolute atomic E-state index is 0.0983. The maximum Gasteiger partial charge on any atom is 0.261 e. The normalized spacial score (nSPS) is 15.5. The van der Waals surface area contributed by atoms with Crippen LogP contribution in [0.1, 0.15) is 34.0 Å². The molecular weight excluding hydrogens is 651 g/mol. The van der Waals surface area contributed by atoms with E-state index in [0.717, 1.165) is 41.0 Å². The van der Waals surface area contributed by atoms with E-state index in [9.17, 15) is 9.90 Å². The fourth-order valence-corrected chi connectivity index (χ4v) is 7.66. The molecule has 0 spiro atoms. The molecule has 2 heterocycles. The fraction of sp³-hybridized carbons (Fsp3) is 0.444. The molecule has 10 nitrogen and oxygen atoms in total. The summed E-state index contributed by atoms with van der Waals surface area (Å²) in [6, 6.07) is 17.4. The van der Waals surface area contributed by atoms with Crippen molar-refractivity contribution in [2.45, 2.75) is 37.9 Å². The highest BCUT2D eigenvalue weighted by atomic mass is 33.1. The number of hydrogen-bond acceptors (Lipinski definition) is 11. The van der Waals surface area contributed by atoms with Gasteiger partial charge in [0.25, 0.3) is 5.91 Å². The third-order valence-corrected chi connectivity index (χ3v) is 10.4. The Morgan fingerprint density at radius 1 is 1.00 bits per heavy atom. The number of aliphatic imine (C=N–C) groups is 1. The van der Waals surface area contributed by atoms with E-state index in [1.165, 1.54) is 0 Å². The van der Waals surface area contributed by atoms with Crippen LogP contribution in [0.2, 0.25) is 0 Å². The predicted octanol–water partition coefficient (Wildman–Crippen LogP) is 5.94. The van der Waals surface area contributed by atoms with E-state index in [-0.39, 0.29) is 25.2 Å². The Morgan fingerprint density at radius 2 is 1.77 bits per heavy atom. The van der Waals surface area contributed by atoms with Crippen LogP contribution in [0.3, 0.4) is 0 Å². The summed E-state index contributed by atoms with van der Waals surface area (Å²) < 4.78 is 28.5. The second-order valence-electron chi connectivity index (χ2n) is 11.6. The molecule has 12 heteroatoms. The van der Waals surface area contributed by atoms with Crippen LogP contribution in [0.25, 0.3) is 0 Å². The zero-order chi connectivity index (χ0) is 33.9. The van der Waals surface area contributed by atoms with Crippen molar-refractivity contribution in [3.05, 3.63) is 76.9 Å². The summed E-state index contributed by atoms with van der Waals surface area (Å²) >= 11 is 0. The summed E-state index contributed by atoms with van der Waals surface area (Å²) in [4.78, 5) is 22.6. The Morgan fingerprint density at radius 3 is 2.54 bits per heavy atom. The van der Waals surface area contributed by atoms with Crippen molar-refractivity contribution in [3.63, 3.8) is 0 Å². The number of nitrogens with zero attached hydrogens (tertiary/aromatic N) is 3. The molecule has 3 aromatic rings. The molecular formula is C36H45N3O7S2. The van der Waals surface area contributed by atoms with Gasteiger partial charge in [0, 0.05) is 55.5 Å². The van der Waals surface area contributed by atoms with Gasteiger partial charge in [-0.25, -0.2) is 0 Å². The number of hydrogen-bond donors (Lipinski definition) is 1. The lowest BCUT2D eigenvalue weighted by Gasteiger charge is -2.28. The number of amides is 1. The van der Waals surface area contributed by atoms with Crippen LogP contribution in [0.4, 0.5) is 17.1 Å². The lowest BCUT2D eigenvalue weighted by molar-refractivity contribution is 0.0265. The summed E-state index contributed by atoms with van der Waals surface area (Å²) in [6.07, 6.45) is 4.66. The SMILES string of the molecule is COCCOCCOCCN(CC(C)SSC)c1cc(CO)cc(COc2cc3c(cc2OC)C(=O)N2c4ccccc4CC2C=N3)c1. The number of anilines is 2. The zero-order valence-corrected chi connectivity index (χ0v) is 29.7. The van der Waals surface area contributed by atoms with Crippen molar-refractivity contribution in [1.29, 1.82) is 0 Å². The number of aliphatic hydroxyl groups excluding tert-OH is 1. The Hall–Kier alpha value is -3.26.